The van der Waals surface area contributed by atoms with Crippen LogP contribution in [0.3, 0.4) is 0 Å². The van der Waals surface area contributed by atoms with Crippen LogP contribution >= 0.6 is 0 Å². The van der Waals surface area contributed by atoms with Crippen LogP contribution in [0.25, 0.3) is 5.65 Å². The summed E-state index contributed by atoms with van der Waals surface area (Å²) in [6.45, 7) is 2.18. The smallest absolute Gasteiger partial charge is 0.291 e. The average Bonchev–Trinajstić information content (AvgIpc) is 3.49. The Kier molecular flexibility index (Phi) is 4.56. The number of piperidine rings is 1. The molecule has 0 unspecified atom stereocenters. The van der Waals surface area contributed by atoms with Gasteiger partial charge in [0.15, 0.2) is 0 Å². The van der Waals surface area contributed by atoms with Crippen molar-refractivity contribution in [3.05, 3.63) is 83.8 Å². The van der Waals surface area contributed by atoms with Crippen LogP contribution in [0.1, 0.15) is 53.4 Å². The summed E-state index contributed by atoms with van der Waals surface area (Å²) in [5.74, 6) is 1.45. The minimum absolute atomic E-state index is 0.00214. The van der Waals surface area contributed by atoms with Crippen molar-refractivity contribution in [3.63, 3.8) is 0 Å². The maximum absolute atomic E-state index is 13.3. The number of hydrogen-bond donors (Lipinski definition) is 0. The van der Waals surface area contributed by atoms with Gasteiger partial charge in [-0.15, -0.1) is 10.2 Å². The molecule has 162 valence electrons. The van der Waals surface area contributed by atoms with Gasteiger partial charge in [0.1, 0.15) is 11.5 Å². The number of aryl methyl sites for hydroxylation is 1. The molecule has 7 heteroatoms. The maximum Gasteiger partial charge on any atom is 0.291 e. The number of amides is 1. The SMILES string of the molecule is O=C(c1nnc2n1CCCC2)N1CCC(c2ccccc2)(c2cn3ccccc3n2)CC1. The van der Waals surface area contributed by atoms with E-state index in [-0.39, 0.29) is 11.3 Å². The highest BCUT2D eigenvalue weighted by molar-refractivity contribution is 5.91. The first-order valence-electron chi connectivity index (χ1n) is 11.5. The van der Waals surface area contributed by atoms with E-state index in [1.54, 1.807) is 0 Å². The van der Waals surface area contributed by atoms with Crippen molar-refractivity contribution in [3.8, 4) is 0 Å². The Hall–Kier alpha value is -3.48. The molecule has 0 atom stereocenters. The molecule has 2 aliphatic rings. The van der Waals surface area contributed by atoms with Gasteiger partial charge in [0.25, 0.3) is 5.91 Å². The lowest BCUT2D eigenvalue weighted by atomic mass is 9.70. The van der Waals surface area contributed by atoms with Crippen molar-refractivity contribution in [2.45, 2.75) is 44.1 Å². The molecule has 0 bridgehead atoms. The van der Waals surface area contributed by atoms with E-state index in [0.717, 1.165) is 55.8 Å². The molecule has 6 rings (SSSR count). The topological polar surface area (TPSA) is 68.3 Å². The van der Waals surface area contributed by atoms with Crippen molar-refractivity contribution < 1.29 is 4.79 Å². The minimum Gasteiger partial charge on any atom is -0.336 e. The molecular formula is C25H26N6O. The predicted octanol–water partition coefficient (Wildman–Crippen LogP) is 3.48. The van der Waals surface area contributed by atoms with Crippen LogP contribution in [0.2, 0.25) is 0 Å². The molecule has 7 nitrogen and oxygen atoms in total. The fourth-order valence-corrected chi connectivity index (χ4v) is 5.31. The van der Waals surface area contributed by atoms with Crippen molar-refractivity contribution >= 4 is 11.6 Å². The summed E-state index contributed by atoms with van der Waals surface area (Å²) in [4.78, 5) is 20.3. The van der Waals surface area contributed by atoms with Gasteiger partial charge >= 0.3 is 0 Å². The lowest BCUT2D eigenvalue weighted by Crippen LogP contribution is -2.46. The highest BCUT2D eigenvalue weighted by Gasteiger charge is 2.41. The third-order valence-corrected chi connectivity index (χ3v) is 7.14. The van der Waals surface area contributed by atoms with Gasteiger partial charge in [-0.1, -0.05) is 36.4 Å². The van der Waals surface area contributed by atoms with Crippen LogP contribution in [0.5, 0.6) is 0 Å². The van der Waals surface area contributed by atoms with E-state index in [1.807, 2.05) is 39.9 Å². The van der Waals surface area contributed by atoms with E-state index >= 15 is 0 Å². The van der Waals surface area contributed by atoms with Crippen LogP contribution in [-0.4, -0.2) is 48.0 Å². The Morgan fingerprint density at radius 2 is 1.72 bits per heavy atom. The molecule has 0 spiro atoms. The second kappa shape index (κ2) is 7.58. The second-order valence-corrected chi connectivity index (χ2v) is 8.88. The molecule has 1 fully saturated rings. The fraction of sp³-hybridized carbons (Fsp3) is 0.360. The first-order chi connectivity index (χ1) is 15.7. The quantitative estimate of drug-likeness (QED) is 0.503. The normalized spacial score (nSPS) is 17.9. The van der Waals surface area contributed by atoms with Crippen LogP contribution in [0, 0.1) is 0 Å². The number of likely N-dealkylation sites (tertiary alicyclic amines) is 1. The van der Waals surface area contributed by atoms with Gasteiger partial charge in [-0.25, -0.2) is 4.98 Å². The number of carbonyl (C=O) groups excluding carboxylic acids is 1. The molecule has 0 N–H and O–H groups in total. The zero-order valence-electron chi connectivity index (χ0n) is 18.0. The number of benzene rings is 1. The molecule has 0 saturated carbocycles. The summed E-state index contributed by atoms with van der Waals surface area (Å²) < 4.78 is 4.10. The van der Waals surface area contributed by atoms with E-state index in [2.05, 4.69) is 45.1 Å². The van der Waals surface area contributed by atoms with E-state index in [1.165, 1.54) is 5.56 Å². The number of carbonyl (C=O) groups is 1. The summed E-state index contributed by atoms with van der Waals surface area (Å²) in [5, 5.41) is 8.53. The Bertz CT molecular complexity index is 1230. The van der Waals surface area contributed by atoms with Gasteiger partial charge in [-0.3, -0.25) is 4.79 Å². The molecule has 1 aromatic carbocycles. The summed E-state index contributed by atoms with van der Waals surface area (Å²) in [6.07, 6.45) is 8.95. The van der Waals surface area contributed by atoms with Crippen molar-refractivity contribution in [1.82, 2.24) is 29.0 Å². The monoisotopic (exact) mass is 426 g/mol. The van der Waals surface area contributed by atoms with Gasteiger partial charge in [0.2, 0.25) is 5.82 Å². The maximum atomic E-state index is 13.3. The number of rotatable bonds is 3. The highest BCUT2D eigenvalue weighted by atomic mass is 16.2. The van der Waals surface area contributed by atoms with Gasteiger partial charge in [-0.2, -0.15) is 0 Å². The van der Waals surface area contributed by atoms with Crippen molar-refractivity contribution in [2.75, 3.05) is 13.1 Å². The zero-order valence-corrected chi connectivity index (χ0v) is 18.0. The Balaban J connectivity index is 1.32. The van der Waals surface area contributed by atoms with Gasteiger partial charge in [0.05, 0.1) is 5.69 Å². The summed E-state index contributed by atoms with van der Waals surface area (Å²) >= 11 is 0. The fourth-order valence-electron chi connectivity index (χ4n) is 5.31. The molecular weight excluding hydrogens is 400 g/mol. The molecule has 4 aromatic rings. The largest absolute Gasteiger partial charge is 0.336 e. The first-order valence-corrected chi connectivity index (χ1v) is 11.5. The standard InChI is InChI=1S/C25H26N6O/c32-24(23-28-27-22-11-5-7-15-31(22)23)29-16-12-25(13-17-29,19-8-2-1-3-9-19)20-18-30-14-6-4-10-21(30)26-20/h1-4,6,8-10,14,18H,5,7,11-13,15-17H2. The van der Waals surface area contributed by atoms with Crippen LogP contribution in [0.15, 0.2) is 60.9 Å². The third-order valence-electron chi connectivity index (χ3n) is 7.14. The lowest BCUT2D eigenvalue weighted by molar-refractivity contribution is 0.0665. The Morgan fingerprint density at radius 3 is 2.53 bits per heavy atom. The molecule has 1 amide bonds. The predicted molar refractivity (Wildman–Crippen MR) is 121 cm³/mol. The second-order valence-electron chi connectivity index (χ2n) is 8.88. The van der Waals surface area contributed by atoms with Crippen LogP contribution in [0.4, 0.5) is 0 Å². The first kappa shape index (κ1) is 19.2. The molecule has 32 heavy (non-hydrogen) atoms. The summed E-state index contributed by atoms with van der Waals surface area (Å²) in [5.41, 5.74) is 3.07. The van der Waals surface area contributed by atoms with E-state index < -0.39 is 0 Å². The Labute approximate surface area is 186 Å². The number of nitrogens with zero attached hydrogens (tertiary/aromatic N) is 6. The minimum atomic E-state index is -0.214. The van der Waals surface area contributed by atoms with E-state index in [4.69, 9.17) is 4.98 Å². The Morgan fingerprint density at radius 1 is 0.906 bits per heavy atom. The lowest BCUT2D eigenvalue weighted by Gasteiger charge is -2.41. The van der Waals surface area contributed by atoms with Gasteiger partial charge < -0.3 is 13.9 Å². The molecule has 1 saturated heterocycles. The van der Waals surface area contributed by atoms with Gasteiger partial charge in [0, 0.05) is 43.9 Å². The third kappa shape index (κ3) is 3.03. The highest BCUT2D eigenvalue weighted by Crippen LogP contribution is 2.41. The van der Waals surface area contributed by atoms with E-state index in [0.29, 0.717) is 18.9 Å². The molecule has 0 aliphatic carbocycles. The van der Waals surface area contributed by atoms with Gasteiger partial charge in [-0.05, 0) is 43.4 Å². The summed E-state index contributed by atoms with van der Waals surface area (Å²) in [6, 6.07) is 16.7. The average molecular weight is 427 g/mol. The number of fused-ring (bicyclic) bond motifs is 2. The molecule has 5 heterocycles. The molecule has 3 aromatic heterocycles. The number of imidazole rings is 1. The summed E-state index contributed by atoms with van der Waals surface area (Å²) in [7, 11) is 0. The van der Waals surface area contributed by atoms with Crippen molar-refractivity contribution in [1.29, 1.82) is 0 Å². The van der Waals surface area contributed by atoms with E-state index in [9.17, 15) is 4.79 Å². The van der Waals surface area contributed by atoms with Crippen molar-refractivity contribution in [2.24, 2.45) is 0 Å². The van der Waals surface area contributed by atoms with Crippen LogP contribution in [-0.2, 0) is 18.4 Å². The number of hydrogen-bond acceptors (Lipinski definition) is 4. The van der Waals surface area contributed by atoms with Crippen LogP contribution < -0.4 is 0 Å². The molecule has 0 radical (unpaired) electrons. The number of pyridine rings is 1. The molecule has 2 aliphatic heterocycles. The number of aromatic nitrogens is 5. The zero-order chi connectivity index (χ0) is 21.5.